The minimum Gasteiger partial charge on any atom is -0.303 e. The van der Waals surface area contributed by atoms with Crippen molar-refractivity contribution in [1.29, 1.82) is 0 Å². The molecule has 3 rings (SSSR count). The van der Waals surface area contributed by atoms with Crippen LogP contribution in [0.4, 0.5) is 0 Å². The molecule has 0 bridgehead atoms. The van der Waals surface area contributed by atoms with Crippen LogP contribution in [0.2, 0.25) is 0 Å². The van der Waals surface area contributed by atoms with Gasteiger partial charge in [-0.15, -0.1) is 0 Å². The third-order valence-electron chi connectivity index (χ3n) is 9.58. The minimum atomic E-state index is 0.366. The van der Waals surface area contributed by atoms with E-state index in [0.717, 1.165) is 17.8 Å². The monoisotopic (exact) mass is 402 g/mol. The number of hydrogen-bond acceptors (Lipinski definition) is 1. The summed E-state index contributed by atoms with van der Waals surface area (Å²) in [7, 11) is 0. The second kappa shape index (κ2) is 11.9. The van der Waals surface area contributed by atoms with E-state index in [1.165, 1.54) is 128 Å². The SMILES string of the molecule is CCCCC[C@H]1CC[C@@](C2CCCCC2)(C(C=O)C2CCC(CCC)CC2)CC1. The Labute approximate surface area is 182 Å². The number of rotatable bonds is 10. The number of hydrogen-bond donors (Lipinski definition) is 0. The first-order chi connectivity index (χ1) is 14.2. The van der Waals surface area contributed by atoms with Crippen molar-refractivity contribution in [3.8, 4) is 0 Å². The van der Waals surface area contributed by atoms with E-state index in [4.69, 9.17) is 0 Å². The normalized spacial score (nSPS) is 35.3. The molecule has 168 valence electrons. The van der Waals surface area contributed by atoms with Crippen LogP contribution in [-0.4, -0.2) is 6.29 Å². The third-order valence-corrected chi connectivity index (χ3v) is 9.58. The zero-order valence-corrected chi connectivity index (χ0v) is 19.8. The van der Waals surface area contributed by atoms with E-state index in [1.54, 1.807) is 0 Å². The highest BCUT2D eigenvalue weighted by Crippen LogP contribution is 2.57. The lowest BCUT2D eigenvalue weighted by Gasteiger charge is -2.53. The highest BCUT2D eigenvalue weighted by atomic mass is 16.1. The fourth-order valence-electron chi connectivity index (χ4n) is 7.84. The fraction of sp³-hybridized carbons (Fsp3) is 0.964. The van der Waals surface area contributed by atoms with E-state index in [1.807, 2.05) is 0 Å². The van der Waals surface area contributed by atoms with Crippen molar-refractivity contribution in [2.45, 2.75) is 136 Å². The van der Waals surface area contributed by atoms with Gasteiger partial charge in [0.2, 0.25) is 0 Å². The van der Waals surface area contributed by atoms with Crippen molar-refractivity contribution in [3.63, 3.8) is 0 Å². The molecule has 0 heterocycles. The molecular weight excluding hydrogens is 352 g/mol. The number of aldehydes is 1. The van der Waals surface area contributed by atoms with Gasteiger partial charge in [-0.25, -0.2) is 0 Å². The molecule has 0 aromatic rings. The average Bonchev–Trinajstić information content (AvgIpc) is 2.77. The highest BCUT2D eigenvalue weighted by Gasteiger charge is 2.49. The average molecular weight is 403 g/mol. The Balaban J connectivity index is 1.68. The van der Waals surface area contributed by atoms with Gasteiger partial charge in [-0.1, -0.05) is 84.5 Å². The Morgan fingerprint density at radius 1 is 0.759 bits per heavy atom. The third kappa shape index (κ3) is 5.88. The second-order valence-corrected chi connectivity index (χ2v) is 11.2. The summed E-state index contributed by atoms with van der Waals surface area (Å²) in [5.74, 6) is 3.80. The first-order valence-electron chi connectivity index (χ1n) is 13.7. The number of unbranched alkanes of at least 4 members (excludes halogenated alkanes) is 2. The lowest BCUT2D eigenvalue weighted by molar-refractivity contribution is -0.125. The summed E-state index contributed by atoms with van der Waals surface area (Å²) in [6.07, 6.45) is 27.9. The molecule has 0 radical (unpaired) electrons. The summed E-state index contributed by atoms with van der Waals surface area (Å²) < 4.78 is 0. The van der Waals surface area contributed by atoms with E-state index in [9.17, 15) is 4.79 Å². The Kier molecular flexibility index (Phi) is 9.57. The molecule has 3 aliphatic rings. The molecule has 0 saturated heterocycles. The molecule has 0 amide bonds. The van der Waals surface area contributed by atoms with E-state index in [2.05, 4.69) is 13.8 Å². The molecule has 0 aromatic carbocycles. The molecule has 3 aliphatic carbocycles. The molecule has 0 aromatic heterocycles. The van der Waals surface area contributed by atoms with E-state index in [0.29, 0.717) is 17.3 Å². The van der Waals surface area contributed by atoms with E-state index < -0.39 is 0 Å². The molecule has 0 aliphatic heterocycles. The van der Waals surface area contributed by atoms with Crippen LogP contribution in [0, 0.1) is 35.0 Å². The van der Waals surface area contributed by atoms with Gasteiger partial charge < -0.3 is 4.79 Å². The van der Waals surface area contributed by atoms with E-state index in [-0.39, 0.29) is 0 Å². The molecule has 29 heavy (non-hydrogen) atoms. The maximum Gasteiger partial charge on any atom is 0.123 e. The van der Waals surface area contributed by atoms with Crippen LogP contribution in [0.15, 0.2) is 0 Å². The van der Waals surface area contributed by atoms with Crippen LogP contribution in [0.25, 0.3) is 0 Å². The molecule has 1 nitrogen and oxygen atoms in total. The topological polar surface area (TPSA) is 17.1 Å². The van der Waals surface area contributed by atoms with Gasteiger partial charge in [-0.3, -0.25) is 0 Å². The summed E-state index contributed by atoms with van der Waals surface area (Å²) in [5.41, 5.74) is 0.367. The van der Waals surface area contributed by atoms with Crippen molar-refractivity contribution < 1.29 is 4.79 Å². The lowest BCUT2D eigenvalue weighted by Crippen LogP contribution is -2.46. The van der Waals surface area contributed by atoms with Gasteiger partial charge >= 0.3 is 0 Å². The van der Waals surface area contributed by atoms with E-state index >= 15 is 0 Å². The van der Waals surface area contributed by atoms with Gasteiger partial charge in [0.25, 0.3) is 0 Å². The predicted molar refractivity (Wildman–Crippen MR) is 125 cm³/mol. The molecule has 3 saturated carbocycles. The second-order valence-electron chi connectivity index (χ2n) is 11.2. The summed E-state index contributed by atoms with van der Waals surface area (Å²) in [4.78, 5) is 12.7. The smallest absolute Gasteiger partial charge is 0.123 e. The zero-order valence-electron chi connectivity index (χ0n) is 19.8. The minimum absolute atomic E-state index is 0.366. The molecule has 0 N–H and O–H groups in total. The van der Waals surface area contributed by atoms with Crippen molar-refractivity contribution in [2.75, 3.05) is 0 Å². The van der Waals surface area contributed by atoms with Gasteiger partial charge in [-0.05, 0) is 80.5 Å². The first-order valence-corrected chi connectivity index (χ1v) is 13.7. The fourth-order valence-corrected chi connectivity index (χ4v) is 7.84. The first kappa shape index (κ1) is 23.3. The molecular formula is C28H50O. The lowest BCUT2D eigenvalue weighted by atomic mass is 9.51. The Morgan fingerprint density at radius 2 is 1.41 bits per heavy atom. The van der Waals surface area contributed by atoms with Gasteiger partial charge in [0.1, 0.15) is 6.29 Å². The Hall–Kier alpha value is -0.330. The highest BCUT2D eigenvalue weighted by molar-refractivity contribution is 5.56. The van der Waals surface area contributed by atoms with Crippen molar-refractivity contribution in [1.82, 2.24) is 0 Å². The van der Waals surface area contributed by atoms with Crippen molar-refractivity contribution in [3.05, 3.63) is 0 Å². The van der Waals surface area contributed by atoms with Crippen LogP contribution < -0.4 is 0 Å². The standard InChI is InChI=1S/C28H50O/c1-3-5-7-11-24-18-20-28(21-19-24,26-12-8-6-9-13-26)27(22-29)25-16-14-23(10-4-2)15-17-25/h22-27H,3-21H2,1-2H3/t23?,24-,25?,27?,28+. The van der Waals surface area contributed by atoms with Gasteiger partial charge in [0.05, 0.1) is 0 Å². The quantitative estimate of drug-likeness (QED) is 0.263. The van der Waals surface area contributed by atoms with Crippen LogP contribution >= 0.6 is 0 Å². The predicted octanol–water partition coefficient (Wildman–Crippen LogP) is 8.75. The van der Waals surface area contributed by atoms with Crippen LogP contribution in [0.5, 0.6) is 0 Å². The Bertz CT molecular complexity index is 447. The van der Waals surface area contributed by atoms with Gasteiger partial charge in [0, 0.05) is 5.92 Å². The zero-order chi connectivity index (χ0) is 20.5. The summed E-state index contributed by atoms with van der Waals surface area (Å²) >= 11 is 0. The van der Waals surface area contributed by atoms with Gasteiger partial charge in [0.15, 0.2) is 0 Å². The van der Waals surface area contributed by atoms with Crippen molar-refractivity contribution >= 4 is 6.29 Å². The summed E-state index contributed by atoms with van der Waals surface area (Å²) in [5, 5.41) is 0. The maximum absolute atomic E-state index is 12.7. The molecule has 1 heteroatoms. The van der Waals surface area contributed by atoms with Crippen LogP contribution in [-0.2, 0) is 4.79 Å². The molecule has 0 spiro atoms. The number of carbonyl (C=O) groups is 1. The molecule has 1 unspecified atom stereocenters. The summed E-state index contributed by atoms with van der Waals surface area (Å²) in [6, 6.07) is 0. The Morgan fingerprint density at radius 3 is 2.00 bits per heavy atom. The molecule has 3 fully saturated rings. The van der Waals surface area contributed by atoms with Gasteiger partial charge in [-0.2, -0.15) is 0 Å². The number of carbonyl (C=O) groups excluding carboxylic acids is 1. The van der Waals surface area contributed by atoms with Crippen molar-refractivity contribution in [2.24, 2.45) is 35.0 Å². The maximum atomic E-state index is 12.7. The van der Waals surface area contributed by atoms with Crippen LogP contribution in [0.1, 0.15) is 136 Å². The summed E-state index contributed by atoms with van der Waals surface area (Å²) in [6.45, 7) is 4.65. The largest absolute Gasteiger partial charge is 0.303 e. The molecule has 1 atom stereocenters. The van der Waals surface area contributed by atoms with Crippen LogP contribution in [0.3, 0.4) is 0 Å².